The maximum atomic E-state index is 10.3. The molecule has 0 radical (unpaired) electrons. The van der Waals surface area contributed by atoms with Crippen molar-refractivity contribution in [3.63, 3.8) is 0 Å². The number of aromatic nitrogens is 3. The van der Waals surface area contributed by atoms with E-state index in [1.807, 2.05) is 0 Å². The lowest BCUT2D eigenvalue weighted by Gasteiger charge is -1.86. The molecule has 2 aromatic heterocycles. The fourth-order valence-electron chi connectivity index (χ4n) is 0.992. The van der Waals surface area contributed by atoms with Crippen molar-refractivity contribution in [2.45, 2.75) is 0 Å². The van der Waals surface area contributed by atoms with Gasteiger partial charge in [0.25, 0.3) is 0 Å². The fraction of sp³-hybridized carbons (Fsp3) is 0.125. The van der Waals surface area contributed by atoms with Crippen molar-refractivity contribution in [1.82, 2.24) is 15.2 Å². The van der Waals surface area contributed by atoms with Crippen molar-refractivity contribution in [2.75, 3.05) is 7.11 Å². The Morgan fingerprint density at radius 1 is 1.43 bits per heavy atom. The van der Waals surface area contributed by atoms with Gasteiger partial charge in [-0.15, -0.1) is 10.2 Å². The zero-order valence-corrected chi connectivity index (χ0v) is 8.12. The highest BCUT2D eigenvalue weighted by Crippen LogP contribution is 2.14. The minimum Gasteiger partial charge on any atom is -0.400 e. The number of nitrogens with one attached hydrogen (secondary N) is 1. The maximum Gasteiger partial charge on any atom is 0.166 e. The van der Waals surface area contributed by atoms with Gasteiger partial charge in [-0.25, -0.2) is 0 Å². The lowest BCUT2D eigenvalue weighted by atomic mass is 10.3. The lowest BCUT2D eigenvalue weighted by Crippen LogP contribution is -1.82. The Bertz CT molecular complexity index is 441. The van der Waals surface area contributed by atoms with Gasteiger partial charge in [-0.05, 0) is 12.1 Å². The first kappa shape index (κ1) is 10.6. The van der Waals surface area contributed by atoms with E-state index in [1.165, 1.54) is 0 Å². The van der Waals surface area contributed by atoms with Crippen LogP contribution < -0.4 is 0 Å². The summed E-state index contributed by atoms with van der Waals surface area (Å²) in [7, 11) is 1.00. The first-order chi connectivity index (χ1) is 6.79. The number of nitrogens with zero attached hydrogens (tertiary/aromatic N) is 2. The normalized spacial score (nSPS) is 9.36. The summed E-state index contributed by atoms with van der Waals surface area (Å²) in [6.07, 6.45) is 0.718. The number of carbonyl (C=O) groups excluding carboxylic acids is 1. The summed E-state index contributed by atoms with van der Waals surface area (Å²) in [6, 6.07) is 3.32. The van der Waals surface area contributed by atoms with Crippen molar-refractivity contribution in [3.8, 4) is 0 Å². The number of aliphatic hydroxyl groups excluding tert-OH is 1. The average Bonchev–Trinajstić information content (AvgIpc) is 2.62. The van der Waals surface area contributed by atoms with Gasteiger partial charge in [0.1, 0.15) is 0 Å². The second-order valence-electron chi connectivity index (χ2n) is 2.31. The van der Waals surface area contributed by atoms with Crippen LogP contribution in [0.4, 0.5) is 0 Å². The van der Waals surface area contributed by atoms with E-state index in [0.29, 0.717) is 16.5 Å². The Balaban J connectivity index is 0.000000461. The molecule has 2 N–H and O–H groups in total. The number of aromatic amines is 1. The predicted molar refractivity (Wildman–Crippen MR) is 52.4 cm³/mol. The second-order valence-corrected chi connectivity index (χ2v) is 2.70. The van der Waals surface area contributed by atoms with Gasteiger partial charge in [-0.2, -0.15) is 0 Å². The number of hydrogen-bond acceptors (Lipinski definition) is 4. The Hall–Kier alpha value is -1.46. The van der Waals surface area contributed by atoms with E-state index in [9.17, 15) is 4.79 Å². The van der Waals surface area contributed by atoms with Gasteiger partial charge in [0, 0.05) is 12.5 Å². The van der Waals surface area contributed by atoms with Gasteiger partial charge in [0.05, 0.1) is 5.69 Å². The van der Waals surface area contributed by atoms with Crippen LogP contribution in [0.5, 0.6) is 0 Å². The third-order valence-corrected chi connectivity index (χ3v) is 1.68. The molecular formula is C8H8ClN3O2. The molecule has 0 atom stereocenters. The van der Waals surface area contributed by atoms with E-state index in [0.717, 1.165) is 18.8 Å². The summed E-state index contributed by atoms with van der Waals surface area (Å²) < 4.78 is 0. The highest BCUT2D eigenvalue weighted by Gasteiger charge is 2.01. The summed E-state index contributed by atoms with van der Waals surface area (Å²) in [4.78, 5) is 13.1. The number of aldehydes is 1. The maximum absolute atomic E-state index is 10.3. The molecule has 0 bridgehead atoms. The van der Waals surface area contributed by atoms with Crippen LogP contribution in [-0.2, 0) is 0 Å². The Labute approximate surface area is 84.7 Å². The number of rotatable bonds is 1. The van der Waals surface area contributed by atoms with Crippen LogP contribution in [-0.4, -0.2) is 33.7 Å². The summed E-state index contributed by atoms with van der Waals surface area (Å²) >= 11 is 5.60. The first-order valence-corrected chi connectivity index (χ1v) is 4.09. The molecule has 0 aliphatic rings. The number of aliphatic hydroxyl groups is 1. The highest BCUT2D eigenvalue weighted by atomic mass is 35.5. The molecule has 74 valence electrons. The Morgan fingerprint density at radius 3 is 2.79 bits per heavy atom. The smallest absolute Gasteiger partial charge is 0.166 e. The average molecular weight is 214 g/mol. The van der Waals surface area contributed by atoms with Crippen molar-refractivity contribution in [2.24, 2.45) is 0 Å². The minimum atomic E-state index is 0.318. The molecule has 2 aromatic rings. The molecule has 14 heavy (non-hydrogen) atoms. The SMILES string of the molecule is CO.O=Cc1cc2cc(Cl)nnc2[nH]1. The van der Waals surface area contributed by atoms with Gasteiger partial charge in [-0.3, -0.25) is 4.79 Å². The van der Waals surface area contributed by atoms with Crippen LogP contribution in [0.25, 0.3) is 11.0 Å². The summed E-state index contributed by atoms with van der Waals surface area (Å²) in [5, 5.41) is 15.5. The molecule has 0 spiro atoms. The molecule has 0 aliphatic heterocycles. The predicted octanol–water partition coefficient (Wildman–Crippen LogP) is 1.03. The van der Waals surface area contributed by atoms with E-state index in [1.54, 1.807) is 12.1 Å². The molecule has 6 heteroatoms. The van der Waals surface area contributed by atoms with E-state index in [2.05, 4.69) is 15.2 Å². The Kier molecular flexibility index (Phi) is 3.55. The van der Waals surface area contributed by atoms with Crippen molar-refractivity contribution in [3.05, 3.63) is 23.0 Å². The van der Waals surface area contributed by atoms with Gasteiger partial charge in [-0.1, -0.05) is 11.6 Å². The molecule has 0 amide bonds. The minimum absolute atomic E-state index is 0.318. The zero-order valence-electron chi connectivity index (χ0n) is 7.36. The molecule has 0 aliphatic carbocycles. The molecule has 0 fully saturated rings. The number of halogens is 1. The van der Waals surface area contributed by atoms with Crippen molar-refractivity contribution in [1.29, 1.82) is 0 Å². The van der Waals surface area contributed by atoms with E-state index in [4.69, 9.17) is 16.7 Å². The van der Waals surface area contributed by atoms with Crippen LogP contribution in [0.1, 0.15) is 10.5 Å². The lowest BCUT2D eigenvalue weighted by molar-refractivity contribution is 0.112. The topological polar surface area (TPSA) is 78.9 Å². The van der Waals surface area contributed by atoms with Crippen LogP contribution >= 0.6 is 11.6 Å². The van der Waals surface area contributed by atoms with Crippen molar-refractivity contribution < 1.29 is 9.90 Å². The third-order valence-electron chi connectivity index (χ3n) is 1.49. The van der Waals surface area contributed by atoms with Crippen LogP contribution in [0, 0.1) is 0 Å². The molecule has 0 saturated carbocycles. The van der Waals surface area contributed by atoms with Crippen LogP contribution in [0.3, 0.4) is 0 Å². The standard InChI is InChI=1S/C7H4ClN3O.CH4O/c8-6-2-4-1-5(3-12)9-7(4)11-10-6;1-2/h1-3H,(H,9,11);2H,1H3. The van der Waals surface area contributed by atoms with Gasteiger partial charge in [0.2, 0.25) is 0 Å². The molecule has 0 unspecified atom stereocenters. The molecule has 0 aromatic carbocycles. The monoisotopic (exact) mass is 213 g/mol. The first-order valence-electron chi connectivity index (χ1n) is 3.71. The molecule has 2 heterocycles. The summed E-state index contributed by atoms with van der Waals surface area (Å²) in [5.74, 6) is 0. The molecule has 5 nitrogen and oxygen atoms in total. The van der Waals surface area contributed by atoms with Crippen LogP contribution in [0.2, 0.25) is 5.15 Å². The number of H-pyrrole nitrogens is 1. The van der Waals surface area contributed by atoms with Gasteiger partial charge >= 0.3 is 0 Å². The fourth-order valence-corrected chi connectivity index (χ4v) is 1.15. The van der Waals surface area contributed by atoms with E-state index in [-0.39, 0.29) is 0 Å². The summed E-state index contributed by atoms with van der Waals surface area (Å²) in [6.45, 7) is 0. The summed E-state index contributed by atoms with van der Waals surface area (Å²) in [5.41, 5.74) is 1.04. The highest BCUT2D eigenvalue weighted by molar-refractivity contribution is 6.29. The molecule has 2 rings (SSSR count). The zero-order chi connectivity index (χ0) is 10.6. The van der Waals surface area contributed by atoms with Gasteiger partial charge in [0.15, 0.2) is 17.1 Å². The molecule has 0 saturated heterocycles. The van der Waals surface area contributed by atoms with E-state index >= 15 is 0 Å². The number of carbonyl (C=O) groups is 1. The quantitative estimate of drug-likeness (QED) is 0.694. The molecular weight excluding hydrogens is 206 g/mol. The Morgan fingerprint density at radius 2 is 2.14 bits per heavy atom. The van der Waals surface area contributed by atoms with Crippen molar-refractivity contribution >= 4 is 28.9 Å². The van der Waals surface area contributed by atoms with Gasteiger partial charge < -0.3 is 10.1 Å². The number of fused-ring (bicyclic) bond motifs is 1. The second kappa shape index (κ2) is 4.69. The number of hydrogen-bond donors (Lipinski definition) is 2. The third kappa shape index (κ3) is 2.07. The van der Waals surface area contributed by atoms with E-state index < -0.39 is 0 Å². The van der Waals surface area contributed by atoms with Crippen LogP contribution in [0.15, 0.2) is 12.1 Å². The largest absolute Gasteiger partial charge is 0.400 e.